The van der Waals surface area contributed by atoms with E-state index in [4.69, 9.17) is 4.74 Å². The van der Waals surface area contributed by atoms with Crippen LogP contribution in [-0.2, 0) is 6.54 Å². The zero-order valence-electron chi connectivity index (χ0n) is 13.1. The Hall–Kier alpha value is -2.11. The van der Waals surface area contributed by atoms with Crippen molar-refractivity contribution in [3.8, 4) is 17.3 Å². The Balaban J connectivity index is 2.06. The van der Waals surface area contributed by atoms with E-state index in [-0.39, 0.29) is 0 Å². The molecule has 1 N–H and O–H groups in total. The van der Waals surface area contributed by atoms with Gasteiger partial charge in [-0.1, -0.05) is 34.1 Å². The van der Waals surface area contributed by atoms with Crippen molar-refractivity contribution in [2.45, 2.75) is 13.5 Å². The maximum atomic E-state index is 6.16. The molecule has 118 valence electrons. The topological polar surface area (TPSA) is 39.1 Å². The highest BCUT2D eigenvalue weighted by Crippen LogP contribution is 2.31. The molecule has 0 saturated heterocycles. The van der Waals surface area contributed by atoms with Crippen molar-refractivity contribution in [3.63, 3.8) is 0 Å². The average Bonchev–Trinajstić information content (AvgIpc) is 2.87. The number of rotatable bonds is 5. The van der Waals surface area contributed by atoms with Crippen LogP contribution in [0.4, 0.5) is 0 Å². The largest absolute Gasteiger partial charge is 0.439 e. The molecule has 0 aliphatic rings. The predicted octanol–water partition coefficient (Wildman–Crippen LogP) is 4.45. The van der Waals surface area contributed by atoms with Crippen LogP contribution >= 0.6 is 15.9 Å². The minimum Gasteiger partial charge on any atom is -0.439 e. The molecule has 23 heavy (non-hydrogen) atoms. The molecule has 2 aromatic carbocycles. The summed E-state index contributed by atoms with van der Waals surface area (Å²) in [6.45, 7) is 2.70. The molecule has 0 radical (unpaired) electrons. The van der Waals surface area contributed by atoms with Crippen molar-refractivity contribution < 1.29 is 4.74 Å². The number of para-hydroxylation sites is 1. The normalized spacial score (nSPS) is 10.7. The van der Waals surface area contributed by atoms with Crippen LogP contribution in [0.15, 0.2) is 59.1 Å². The van der Waals surface area contributed by atoms with E-state index < -0.39 is 0 Å². The molecule has 4 nitrogen and oxygen atoms in total. The molecule has 0 amide bonds. The van der Waals surface area contributed by atoms with Crippen LogP contribution in [0.5, 0.6) is 11.6 Å². The number of hydrogen-bond donors (Lipinski definition) is 1. The van der Waals surface area contributed by atoms with Gasteiger partial charge in [-0.3, -0.25) is 0 Å². The minimum atomic E-state index is 0.699. The fourth-order valence-electron chi connectivity index (χ4n) is 2.38. The number of aryl methyl sites for hydroxylation is 1. The lowest BCUT2D eigenvalue weighted by molar-refractivity contribution is 0.438. The molecule has 3 aromatic rings. The smallest absolute Gasteiger partial charge is 0.227 e. The lowest BCUT2D eigenvalue weighted by Gasteiger charge is -2.11. The van der Waals surface area contributed by atoms with Gasteiger partial charge >= 0.3 is 0 Å². The Labute approximate surface area is 144 Å². The summed E-state index contributed by atoms with van der Waals surface area (Å²) in [7, 11) is 1.92. The number of benzene rings is 2. The first-order chi connectivity index (χ1) is 11.2. The fraction of sp³-hybridized carbons (Fsp3) is 0.167. The summed E-state index contributed by atoms with van der Waals surface area (Å²) < 4.78 is 9.04. The van der Waals surface area contributed by atoms with Crippen molar-refractivity contribution in [1.29, 1.82) is 0 Å². The molecule has 1 heterocycles. The van der Waals surface area contributed by atoms with E-state index in [9.17, 15) is 0 Å². The molecule has 3 rings (SSSR count). The van der Waals surface area contributed by atoms with E-state index in [0.29, 0.717) is 6.54 Å². The third kappa shape index (κ3) is 3.46. The number of ether oxygens (including phenoxy) is 1. The monoisotopic (exact) mass is 371 g/mol. The van der Waals surface area contributed by atoms with Gasteiger partial charge in [0.05, 0.1) is 16.9 Å². The quantitative estimate of drug-likeness (QED) is 0.719. The molecule has 1 aromatic heterocycles. The molecular formula is C18H18BrN3O. The van der Waals surface area contributed by atoms with Gasteiger partial charge < -0.3 is 10.1 Å². The Morgan fingerprint density at radius 2 is 1.78 bits per heavy atom. The summed E-state index contributed by atoms with van der Waals surface area (Å²) in [5.41, 5.74) is 2.99. The zero-order valence-corrected chi connectivity index (χ0v) is 14.7. The summed E-state index contributed by atoms with van der Waals surface area (Å²) in [6.07, 6.45) is 0. The molecular weight excluding hydrogens is 354 g/mol. The molecule has 0 aliphatic carbocycles. The van der Waals surface area contributed by atoms with Gasteiger partial charge in [0.15, 0.2) is 0 Å². The number of aromatic nitrogens is 2. The van der Waals surface area contributed by atoms with E-state index in [1.807, 2.05) is 73.3 Å². The minimum absolute atomic E-state index is 0.699. The summed E-state index contributed by atoms with van der Waals surface area (Å²) in [5, 5.41) is 7.84. The number of nitrogens with zero attached hydrogens (tertiary/aromatic N) is 2. The van der Waals surface area contributed by atoms with Crippen LogP contribution in [0.2, 0.25) is 0 Å². The molecule has 5 heteroatoms. The Kier molecular flexibility index (Phi) is 4.79. The van der Waals surface area contributed by atoms with Crippen molar-refractivity contribution >= 4 is 15.9 Å². The van der Waals surface area contributed by atoms with E-state index >= 15 is 0 Å². The fourth-order valence-corrected chi connectivity index (χ4v) is 2.65. The lowest BCUT2D eigenvalue weighted by Crippen LogP contribution is -2.07. The van der Waals surface area contributed by atoms with E-state index in [1.54, 1.807) is 0 Å². The SMILES string of the molecule is CNCc1c(C)nn(-c2ccccc2)c1Oc1ccc(Br)cc1. The van der Waals surface area contributed by atoms with E-state index in [1.165, 1.54) is 0 Å². The summed E-state index contributed by atoms with van der Waals surface area (Å²) in [6, 6.07) is 17.8. The van der Waals surface area contributed by atoms with E-state index in [0.717, 1.165) is 33.0 Å². The third-order valence-corrected chi connectivity index (χ3v) is 4.05. The first-order valence-corrected chi connectivity index (χ1v) is 8.20. The average molecular weight is 372 g/mol. The maximum Gasteiger partial charge on any atom is 0.227 e. The first-order valence-electron chi connectivity index (χ1n) is 7.41. The molecule has 0 spiro atoms. The van der Waals surface area contributed by atoms with Gasteiger partial charge in [-0.2, -0.15) is 5.10 Å². The second kappa shape index (κ2) is 6.98. The van der Waals surface area contributed by atoms with Crippen molar-refractivity contribution in [2.24, 2.45) is 0 Å². The highest BCUT2D eigenvalue weighted by atomic mass is 79.9. The van der Waals surface area contributed by atoms with Gasteiger partial charge in [-0.25, -0.2) is 4.68 Å². The van der Waals surface area contributed by atoms with Gasteiger partial charge in [0, 0.05) is 11.0 Å². The van der Waals surface area contributed by atoms with Crippen LogP contribution in [0.3, 0.4) is 0 Å². The zero-order chi connectivity index (χ0) is 16.2. The highest BCUT2D eigenvalue weighted by molar-refractivity contribution is 9.10. The van der Waals surface area contributed by atoms with Crippen molar-refractivity contribution in [3.05, 3.63) is 70.3 Å². The maximum absolute atomic E-state index is 6.16. The first kappa shape index (κ1) is 15.8. The summed E-state index contributed by atoms with van der Waals surface area (Å²) >= 11 is 3.44. The van der Waals surface area contributed by atoms with Crippen molar-refractivity contribution in [2.75, 3.05) is 7.05 Å². The predicted molar refractivity (Wildman–Crippen MR) is 95.3 cm³/mol. The van der Waals surface area contributed by atoms with Crippen LogP contribution in [0.25, 0.3) is 5.69 Å². The molecule has 0 aliphatic heterocycles. The standard InChI is InChI=1S/C18H18BrN3O/c1-13-17(12-20-2)18(23-16-10-8-14(19)9-11-16)22(21-13)15-6-4-3-5-7-15/h3-11,20H,12H2,1-2H3. The molecule has 0 bridgehead atoms. The second-order valence-corrected chi connectivity index (χ2v) is 6.12. The van der Waals surface area contributed by atoms with Crippen LogP contribution in [-0.4, -0.2) is 16.8 Å². The Morgan fingerprint density at radius 1 is 1.09 bits per heavy atom. The Morgan fingerprint density at radius 3 is 2.43 bits per heavy atom. The molecule has 0 atom stereocenters. The third-order valence-electron chi connectivity index (χ3n) is 3.52. The lowest BCUT2D eigenvalue weighted by atomic mass is 10.2. The van der Waals surface area contributed by atoms with Crippen LogP contribution < -0.4 is 10.1 Å². The van der Waals surface area contributed by atoms with Gasteiger partial charge in [0.1, 0.15) is 5.75 Å². The molecule has 0 unspecified atom stereocenters. The highest BCUT2D eigenvalue weighted by Gasteiger charge is 2.18. The second-order valence-electron chi connectivity index (χ2n) is 5.20. The van der Waals surface area contributed by atoms with Crippen LogP contribution in [0, 0.1) is 6.92 Å². The van der Waals surface area contributed by atoms with Gasteiger partial charge in [0.2, 0.25) is 5.88 Å². The van der Waals surface area contributed by atoms with Gasteiger partial charge in [-0.15, -0.1) is 0 Å². The van der Waals surface area contributed by atoms with Gasteiger partial charge in [0.25, 0.3) is 0 Å². The Bertz CT molecular complexity index is 782. The number of nitrogens with one attached hydrogen (secondary N) is 1. The number of halogens is 1. The number of hydrogen-bond acceptors (Lipinski definition) is 3. The van der Waals surface area contributed by atoms with Crippen molar-refractivity contribution in [1.82, 2.24) is 15.1 Å². The molecule has 0 fully saturated rings. The summed E-state index contributed by atoms with van der Waals surface area (Å²) in [5.74, 6) is 1.52. The van der Waals surface area contributed by atoms with Crippen LogP contribution in [0.1, 0.15) is 11.3 Å². The summed E-state index contributed by atoms with van der Waals surface area (Å²) in [4.78, 5) is 0. The molecule has 0 saturated carbocycles. The van der Waals surface area contributed by atoms with E-state index in [2.05, 4.69) is 26.3 Å². The van der Waals surface area contributed by atoms with Gasteiger partial charge in [-0.05, 0) is 50.4 Å².